The Morgan fingerprint density at radius 1 is 1.28 bits per heavy atom. The van der Waals surface area contributed by atoms with Crippen molar-refractivity contribution in [2.24, 2.45) is 5.92 Å². The van der Waals surface area contributed by atoms with Crippen molar-refractivity contribution in [1.82, 2.24) is 10.6 Å². The Morgan fingerprint density at radius 2 is 2.12 bits per heavy atom. The minimum absolute atomic E-state index is 0.102. The van der Waals surface area contributed by atoms with Gasteiger partial charge >= 0.3 is 6.03 Å². The first kappa shape index (κ1) is 16.4. The van der Waals surface area contributed by atoms with Crippen LogP contribution in [0.5, 0.6) is 5.75 Å². The van der Waals surface area contributed by atoms with E-state index in [9.17, 15) is 14.7 Å². The highest BCUT2D eigenvalue weighted by Crippen LogP contribution is 2.58. The van der Waals surface area contributed by atoms with Crippen molar-refractivity contribution in [1.29, 1.82) is 0 Å². The molecule has 1 aromatic rings. The number of methoxy groups -OCH3 is 1. The standard InChI is InChI=1S/C19H24N2O4/c1-25-14-5-4-12-9-13-3-2-6-18(15(12)10-14)11-16(22)21-17(23)20-8-7-19(13,18)24/h4-5,10,13,24H,2-3,6-9,11H2,1H3,(H2,20,21,22,23)/t13-,18-,19-/m1/s1. The maximum absolute atomic E-state index is 12.5. The molecular formula is C19H24N2O4. The van der Waals surface area contributed by atoms with Crippen LogP contribution in [0.15, 0.2) is 18.2 Å². The number of carbonyl (C=O) groups excluding carboxylic acids is 2. The summed E-state index contributed by atoms with van der Waals surface area (Å²) in [5.41, 5.74) is 0.518. The van der Waals surface area contributed by atoms with Crippen LogP contribution < -0.4 is 15.4 Å². The molecule has 2 fully saturated rings. The molecule has 25 heavy (non-hydrogen) atoms. The largest absolute Gasteiger partial charge is 0.497 e. The number of hydrogen-bond donors (Lipinski definition) is 3. The van der Waals surface area contributed by atoms with Crippen molar-refractivity contribution >= 4 is 11.9 Å². The van der Waals surface area contributed by atoms with Crippen molar-refractivity contribution in [2.45, 2.75) is 49.5 Å². The summed E-state index contributed by atoms with van der Waals surface area (Å²) in [6, 6.07) is 5.49. The van der Waals surface area contributed by atoms with Gasteiger partial charge in [0.25, 0.3) is 0 Å². The molecule has 3 N–H and O–H groups in total. The lowest BCUT2D eigenvalue weighted by molar-refractivity contribution is -0.143. The fraction of sp³-hybridized carbons (Fsp3) is 0.579. The maximum Gasteiger partial charge on any atom is 0.321 e. The van der Waals surface area contributed by atoms with Gasteiger partial charge in [0.2, 0.25) is 5.91 Å². The van der Waals surface area contributed by atoms with Gasteiger partial charge in [-0.05, 0) is 54.9 Å². The number of carbonyl (C=O) groups is 2. The van der Waals surface area contributed by atoms with Gasteiger partial charge in [-0.25, -0.2) is 4.79 Å². The van der Waals surface area contributed by atoms with Crippen LogP contribution in [0.25, 0.3) is 0 Å². The number of nitrogens with one attached hydrogen (secondary N) is 2. The monoisotopic (exact) mass is 344 g/mol. The van der Waals surface area contributed by atoms with E-state index in [1.165, 1.54) is 5.56 Å². The van der Waals surface area contributed by atoms with Crippen molar-refractivity contribution in [3.63, 3.8) is 0 Å². The van der Waals surface area contributed by atoms with Crippen LogP contribution in [0, 0.1) is 5.92 Å². The second-order valence-electron chi connectivity index (χ2n) is 7.55. The highest BCUT2D eigenvalue weighted by atomic mass is 16.5. The number of amides is 3. The number of imide groups is 1. The Bertz CT molecular complexity index is 734. The van der Waals surface area contributed by atoms with Crippen LogP contribution in [0.2, 0.25) is 0 Å². The number of urea groups is 1. The summed E-state index contributed by atoms with van der Waals surface area (Å²) in [6.45, 7) is 0.354. The van der Waals surface area contributed by atoms with E-state index in [1.54, 1.807) is 7.11 Å². The quantitative estimate of drug-likeness (QED) is 0.723. The molecule has 0 aromatic heterocycles. The Labute approximate surface area is 146 Å². The number of aliphatic hydroxyl groups is 1. The molecule has 0 radical (unpaired) electrons. The third-order valence-electron chi connectivity index (χ3n) is 6.47. The molecule has 4 rings (SSSR count). The summed E-state index contributed by atoms with van der Waals surface area (Å²) in [7, 11) is 1.62. The summed E-state index contributed by atoms with van der Waals surface area (Å²) in [5.74, 6) is 0.494. The van der Waals surface area contributed by atoms with Crippen LogP contribution in [-0.4, -0.2) is 36.3 Å². The number of ether oxygens (including phenoxy) is 1. The van der Waals surface area contributed by atoms with Crippen molar-refractivity contribution < 1.29 is 19.4 Å². The van der Waals surface area contributed by atoms with Gasteiger partial charge in [0, 0.05) is 18.4 Å². The minimum Gasteiger partial charge on any atom is -0.497 e. The molecule has 0 spiro atoms. The highest BCUT2D eigenvalue weighted by molar-refractivity contribution is 5.95. The van der Waals surface area contributed by atoms with Crippen LogP contribution in [0.4, 0.5) is 4.79 Å². The number of rotatable bonds is 1. The molecular weight excluding hydrogens is 320 g/mol. The van der Waals surface area contributed by atoms with E-state index in [0.29, 0.717) is 13.0 Å². The molecule has 1 aliphatic heterocycles. The molecule has 2 aliphatic carbocycles. The zero-order valence-electron chi connectivity index (χ0n) is 14.4. The fourth-order valence-corrected chi connectivity index (χ4v) is 5.34. The number of fused-ring (bicyclic) bond motifs is 1. The van der Waals surface area contributed by atoms with Gasteiger partial charge in [-0.2, -0.15) is 0 Å². The summed E-state index contributed by atoms with van der Waals surface area (Å²) in [4.78, 5) is 24.3. The first-order valence-electron chi connectivity index (χ1n) is 8.96. The van der Waals surface area contributed by atoms with Gasteiger partial charge in [0.1, 0.15) is 5.75 Å². The topological polar surface area (TPSA) is 87.7 Å². The van der Waals surface area contributed by atoms with Gasteiger partial charge in [-0.3, -0.25) is 10.1 Å². The van der Waals surface area contributed by atoms with Crippen molar-refractivity contribution in [2.75, 3.05) is 13.7 Å². The number of hydrogen-bond acceptors (Lipinski definition) is 4. The average molecular weight is 344 g/mol. The lowest BCUT2D eigenvalue weighted by Crippen LogP contribution is -2.63. The predicted octanol–water partition coefficient (Wildman–Crippen LogP) is 1.64. The van der Waals surface area contributed by atoms with Crippen molar-refractivity contribution in [3.8, 4) is 5.75 Å². The molecule has 1 saturated carbocycles. The first-order valence-corrected chi connectivity index (χ1v) is 8.96. The molecule has 2 bridgehead atoms. The molecule has 1 heterocycles. The fourth-order valence-electron chi connectivity index (χ4n) is 5.34. The van der Waals surface area contributed by atoms with Gasteiger partial charge in [-0.1, -0.05) is 12.5 Å². The van der Waals surface area contributed by atoms with Crippen LogP contribution in [0.1, 0.15) is 43.2 Å². The smallest absolute Gasteiger partial charge is 0.321 e. The third-order valence-corrected chi connectivity index (χ3v) is 6.47. The van der Waals surface area contributed by atoms with Gasteiger partial charge in [0.15, 0.2) is 0 Å². The second kappa shape index (κ2) is 5.73. The first-order chi connectivity index (χ1) is 12.0. The molecule has 6 nitrogen and oxygen atoms in total. The molecule has 6 heteroatoms. The van der Waals surface area contributed by atoms with E-state index in [2.05, 4.69) is 16.7 Å². The molecule has 1 saturated heterocycles. The Balaban J connectivity index is 1.91. The molecule has 3 amide bonds. The van der Waals surface area contributed by atoms with Gasteiger partial charge < -0.3 is 15.2 Å². The average Bonchev–Trinajstić information content (AvgIpc) is 2.61. The highest BCUT2D eigenvalue weighted by Gasteiger charge is 2.61. The zero-order valence-corrected chi connectivity index (χ0v) is 14.4. The summed E-state index contributed by atoms with van der Waals surface area (Å²) >= 11 is 0. The van der Waals surface area contributed by atoms with E-state index < -0.39 is 17.0 Å². The number of benzene rings is 1. The van der Waals surface area contributed by atoms with E-state index >= 15 is 0 Å². The zero-order chi connectivity index (χ0) is 17.7. The third kappa shape index (κ3) is 2.34. The molecule has 1 aromatic carbocycles. The van der Waals surface area contributed by atoms with Gasteiger partial charge in [-0.15, -0.1) is 0 Å². The SMILES string of the molecule is COc1ccc2c(c1)[C@]13CCC[C@H](C2)[C@]1(O)CCNC(=O)NC(=O)C3. The summed E-state index contributed by atoms with van der Waals surface area (Å²) in [6.07, 6.45) is 4.02. The molecule has 134 valence electrons. The lowest BCUT2D eigenvalue weighted by atomic mass is 9.48. The summed E-state index contributed by atoms with van der Waals surface area (Å²) < 4.78 is 5.40. The minimum atomic E-state index is -1.00. The van der Waals surface area contributed by atoms with Crippen molar-refractivity contribution in [3.05, 3.63) is 29.3 Å². The van der Waals surface area contributed by atoms with E-state index in [0.717, 1.165) is 37.0 Å². The van der Waals surface area contributed by atoms with Crippen LogP contribution in [-0.2, 0) is 16.6 Å². The summed E-state index contributed by atoms with van der Waals surface area (Å²) in [5, 5.41) is 16.9. The molecule has 3 aliphatic rings. The van der Waals surface area contributed by atoms with E-state index in [1.807, 2.05) is 12.1 Å². The second-order valence-corrected chi connectivity index (χ2v) is 7.55. The van der Waals surface area contributed by atoms with Crippen LogP contribution >= 0.6 is 0 Å². The lowest BCUT2D eigenvalue weighted by Gasteiger charge is -2.58. The maximum atomic E-state index is 12.5. The molecule has 0 unspecified atom stereocenters. The Hall–Kier alpha value is -2.08. The molecule has 3 atom stereocenters. The van der Waals surface area contributed by atoms with E-state index in [4.69, 9.17) is 4.74 Å². The predicted molar refractivity (Wildman–Crippen MR) is 91.4 cm³/mol. The Kier molecular flexibility index (Phi) is 3.76. The Morgan fingerprint density at radius 3 is 2.92 bits per heavy atom. The normalized spacial score (nSPS) is 34.4. The van der Waals surface area contributed by atoms with E-state index in [-0.39, 0.29) is 18.2 Å². The van der Waals surface area contributed by atoms with Gasteiger partial charge in [0.05, 0.1) is 12.7 Å². The van der Waals surface area contributed by atoms with Crippen LogP contribution in [0.3, 0.4) is 0 Å².